The van der Waals surface area contributed by atoms with Crippen molar-refractivity contribution in [3.8, 4) is 0 Å². The first-order chi connectivity index (χ1) is 17.8. The highest BCUT2D eigenvalue weighted by Gasteiger charge is 2.22. The Morgan fingerprint density at radius 1 is 0.865 bits per heavy atom. The number of amides is 3. The maximum atomic E-state index is 12.7. The minimum Gasteiger partial charge on any atom is -0.384 e. The molecule has 1 aliphatic heterocycles. The second kappa shape index (κ2) is 12.2. The first kappa shape index (κ1) is 26.6. The molecule has 0 radical (unpaired) electrons. The molecule has 1 aliphatic rings. The number of urea groups is 1. The normalized spacial score (nSPS) is 13.3. The van der Waals surface area contributed by atoms with Crippen LogP contribution in [0, 0.1) is 13.8 Å². The predicted octanol–water partition coefficient (Wildman–Crippen LogP) is 6.41. The molecule has 7 nitrogen and oxygen atoms in total. The molecule has 3 aromatic rings. The molecule has 0 saturated carbocycles. The number of hydrogen-bond acceptors (Lipinski definition) is 4. The van der Waals surface area contributed by atoms with E-state index < -0.39 is 0 Å². The third-order valence-electron chi connectivity index (χ3n) is 6.33. The summed E-state index contributed by atoms with van der Waals surface area (Å²) in [7, 11) is 0. The third-order valence-corrected chi connectivity index (χ3v) is 6.96. The largest absolute Gasteiger partial charge is 0.384 e. The van der Waals surface area contributed by atoms with Gasteiger partial charge in [0, 0.05) is 56.2 Å². The summed E-state index contributed by atoms with van der Waals surface area (Å²) in [6, 6.07) is 18.9. The topological polar surface area (TPSA) is 76.7 Å². The zero-order valence-corrected chi connectivity index (χ0v) is 22.5. The summed E-state index contributed by atoms with van der Waals surface area (Å²) in [5.41, 5.74) is 5.67. The van der Waals surface area contributed by atoms with E-state index in [0.717, 1.165) is 17.1 Å². The van der Waals surface area contributed by atoms with Crippen LogP contribution in [0.5, 0.6) is 0 Å². The Labute approximate surface area is 227 Å². The molecule has 1 saturated heterocycles. The molecule has 1 fully saturated rings. The van der Waals surface area contributed by atoms with Gasteiger partial charge in [-0.05, 0) is 61.9 Å². The third kappa shape index (κ3) is 7.08. The molecule has 9 heteroatoms. The average Bonchev–Trinajstić information content (AvgIpc) is 2.88. The van der Waals surface area contributed by atoms with Crippen LogP contribution < -0.4 is 20.9 Å². The van der Waals surface area contributed by atoms with Crippen LogP contribution in [-0.4, -0.2) is 49.6 Å². The van der Waals surface area contributed by atoms with E-state index in [0.29, 0.717) is 54.9 Å². The molecule has 0 aliphatic carbocycles. The first-order valence-electron chi connectivity index (χ1n) is 12.3. The predicted molar refractivity (Wildman–Crippen MR) is 153 cm³/mol. The number of para-hydroxylation sites is 1. The molecule has 3 amide bonds. The Morgan fingerprint density at radius 2 is 1.54 bits per heavy atom. The van der Waals surface area contributed by atoms with Crippen molar-refractivity contribution in [3.05, 3.63) is 81.8 Å². The molecule has 3 aromatic carbocycles. The van der Waals surface area contributed by atoms with E-state index in [1.807, 2.05) is 30.3 Å². The lowest BCUT2D eigenvalue weighted by Gasteiger charge is -2.36. The highest BCUT2D eigenvalue weighted by molar-refractivity contribution is 6.39. The van der Waals surface area contributed by atoms with Crippen LogP contribution in [-0.2, 0) is 4.79 Å². The lowest BCUT2D eigenvalue weighted by atomic mass is 10.1. The number of piperazine rings is 1. The van der Waals surface area contributed by atoms with Gasteiger partial charge in [0.2, 0.25) is 5.91 Å². The molecule has 0 unspecified atom stereocenters. The van der Waals surface area contributed by atoms with Gasteiger partial charge in [-0.3, -0.25) is 4.79 Å². The maximum Gasteiger partial charge on any atom is 0.322 e. The fourth-order valence-corrected chi connectivity index (χ4v) is 4.76. The van der Waals surface area contributed by atoms with Gasteiger partial charge in [-0.1, -0.05) is 47.0 Å². The van der Waals surface area contributed by atoms with Crippen LogP contribution in [0.2, 0.25) is 10.0 Å². The number of nitrogens with one attached hydrogen (secondary N) is 3. The number of halogens is 2. The van der Waals surface area contributed by atoms with Gasteiger partial charge in [0.1, 0.15) is 0 Å². The van der Waals surface area contributed by atoms with Crippen molar-refractivity contribution in [1.29, 1.82) is 0 Å². The Morgan fingerprint density at radius 3 is 2.19 bits per heavy atom. The van der Waals surface area contributed by atoms with Gasteiger partial charge in [-0.25, -0.2) is 4.79 Å². The number of aryl methyl sites for hydroxylation is 2. The van der Waals surface area contributed by atoms with Gasteiger partial charge >= 0.3 is 6.03 Å². The molecule has 1 heterocycles. The molecule has 0 aromatic heterocycles. The molecule has 194 valence electrons. The van der Waals surface area contributed by atoms with Crippen LogP contribution in [0.15, 0.2) is 60.7 Å². The number of carbonyl (C=O) groups excluding carboxylic acids is 2. The number of hydrogen-bond donors (Lipinski definition) is 3. The van der Waals surface area contributed by atoms with Gasteiger partial charge in [0.25, 0.3) is 0 Å². The molecular formula is C28H31Cl2N5O2. The van der Waals surface area contributed by atoms with Gasteiger partial charge < -0.3 is 25.8 Å². The number of anilines is 4. The lowest BCUT2D eigenvalue weighted by Crippen LogP contribution is -2.50. The van der Waals surface area contributed by atoms with Crippen molar-refractivity contribution in [1.82, 2.24) is 4.90 Å². The van der Waals surface area contributed by atoms with Crippen molar-refractivity contribution in [3.63, 3.8) is 0 Å². The van der Waals surface area contributed by atoms with E-state index in [4.69, 9.17) is 23.2 Å². The van der Waals surface area contributed by atoms with Gasteiger partial charge in [-0.2, -0.15) is 0 Å². The van der Waals surface area contributed by atoms with E-state index in [9.17, 15) is 9.59 Å². The van der Waals surface area contributed by atoms with E-state index >= 15 is 0 Å². The Kier molecular flexibility index (Phi) is 8.79. The minimum absolute atomic E-state index is 0.0386. The molecule has 0 atom stereocenters. The zero-order valence-electron chi connectivity index (χ0n) is 21.0. The van der Waals surface area contributed by atoms with E-state index in [-0.39, 0.29) is 11.9 Å². The average molecular weight is 540 g/mol. The Hall–Kier alpha value is -3.42. The SMILES string of the molecule is Cc1ccc(NCCC(=O)Nc2ccc(N3CCN(C(=O)Nc4c(Cl)cccc4Cl)CC3)cc2)c(C)c1. The summed E-state index contributed by atoms with van der Waals surface area (Å²) in [5.74, 6) is -0.0386. The highest BCUT2D eigenvalue weighted by Crippen LogP contribution is 2.30. The quantitative estimate of drug-likeness (QED) is 0.324. The summed E-state index contributed by atoms with van der Waals surface area (Å²) in [6.07, 6.45) is 0.374. The number of nitrogens with zero attached hydrogens (tertiary/aromatic N) is 2. The van der Waals surface area contributed by atoms with Crippen LogP contribution >= 0.6 is 23.2 Å². The lowest BCUT2D eigenvalue weighted by molar-refractivity contribution is -0.115. The molecule has 0 spiro atoms. The molecule has 4 rings (SSSR count). The van der Waals surface area contributed by atoms with Crippen LogP contribution in [0.25, 0.3) is 0 Å². The Bertz CT molecular complexity index is 1240. The smallest absolute Gasteiger partial charge is 0.322 e. The Balaban J connectivity index is 1.22. The van der Waals surface area contributed by atoms with E-state index in [2.05, 4.69) is 46.8 Å². The standard InChI is InChI=1S/C28H31Cl2N5O2/c1-19-6-11-25(20(2)18-19)31-13-12-26(36)32-21-7-9-22(10-8-21)34-14-16-35(17-15-34)28(37)33-27-23(29)4-3-5-24(27)30/h3-11,18,31H,12-17H2,1-2H3,(H,32,36)(H,33,37). The molecular weight excluding hydrogens is 509 g/mol. The second-order valence-corrected chi connectivity index (χ2v) is 9.91. The van der Waals surface area contributed by atoms with Crippen molar-refractivity contribution >= 4 is 57.9 Å². The van der Waals surface area contributed by atoms with E-state index in [1.54, 1.807) is 23.1 Å². The van der Waals surface area contributed by atoms with Gasteiger partial charge in [-0.15, -0.1) is 0 Å². The maximum absolute atomic E-state index is 12.7. The van der Waals surface area contributed by atoms with E-state index in [1.165, 1.54) is 11.1 Å². The fraction of sp³-hybridized carbons (Fsp3) is 0.286. The van der Waals surface area contributed by atoms with Crippen molar-refractivity contribution < 1.29 is 9.59 Å². The number of rotatable bonds is 7. The van der Waals surface area contributed by atoms with Crippen LogP contribution in [0.4, 0.5) is 27.5 Å². The van der Waals surface area contributed by atoms with Crippen LogP contribution in [0.1, 0.15) is 17.5 Å². The second-order valence-electron chi connectivity index (χ2n) is 9.09. The monoisotopic (exact) mass is 539 g/mol. The van der Waals surface area contributed by atoms with Crippen LogP contribution in [0.3, 0.4) is 0 Å². The first-order valence-corrected chi connectivity index (χ1v) is 13.0. The summed E-state index contributed by atoms with van der Waals surface area (Å²) >= 11 is 12.3. The number of benzene rings is 3. The molecule has 3 N–H and O–H groups in total. The van der Waals surface area contributed by atoms with Crippen molar-refractivity contribution in [2.45, 2.75) is 20.3 Å². The minimum atomic E-state index is -0.222. The number of carbonyl (C=O) groups is 2. The fourth-order valence-electron chi connectivity index (χ4n) is 4.27. The summed E-state index contributed by atoms with van der Waals surface area (Å²) in [5, 5.41) is 9.91. The molecule has 37 heavy (non-hydrogen) atoms. The molecule has 0 bridgehead atoms. The summed E-state index contributed by atoms with van der Waals surface area (Å²) in [4.78, 5) is 29.0. The summed E-state index contributed by atoms with van der Waals surface area (Å²) < 4.78 is 0. The summed E-state index contributed by atoms with van der Waals surface area (Å²) in [6.45, 7) is 7.21. The zero-order chi connectivity index (χ0) is 26.4. The van der Waals surface area contributed by atoms with Crippen molar-refractivity contribution in [2.24, 2.45) is 0 Å². The highest BCUT2D eigenvalue weighted by atomic mass is 35.5. The van der Waals surface area contributed by atoms with Gasteiger partial charge in [0.05, 0.1) is 15.7 Å². The van der Waals surface area contributed by atoms with Gasteiger partial charge in [0.15, 0.2) is 0 Å². The van der Waals surface area contributed by atoms with Crippen molar-refractivity contribution in [2.75, 3.05) is 53.6 Å².